The van der Waals surface area contributed by atoms with E-state index < -0.39 is 5.97 Å². The molecule has 80 valence electrons. The van der Waals surface area contributed by atoms with Gasteiger partial charge in [-0.1, -0.05) is 0 Å². The predicted octanol–water partition coefficient (Wildman–Crippen LogP) is 0.342. The van der Waals surface area contributed by atoms with Gasteiger partial charge in [-0.05, 0) is 0 Å². The summed E-state index contributed by atoms with van der Waals surface area (Å²) in [6.07, 6.45) is 3.23. The van der Waals surface area contributed by atoms with Crippen molar-refractivity contribution in [2.24, 2.45) is 0 Å². The van der Waals surface area contributed by atoms with Crippen molar-refractivity contribution in [1.29, 1.82) is 0 Å². The number of rotatable bonds is 3. The summed E-state index contributed by atoms with van der Waals surface area (Å²) in [4.78, 5) is 18.1. The van der Waals surface area contributed by atoms with Crippen LogP contribution < -0.4 is 4.74 Å². The first-order chi connectivity index (χ1) is 7.25. The number of hydrogen-bond acceptors (Lipinski definition) is 5. The molecular weight excluding hydrogens is 200 g/mol. The van der Waals surface area contributed by atoms with Crippen molar-refractivity contribution in [1.82, 2.24) is 9.97 Å². The summed E-state index contributed by atoms with van der Waals surface area (Å²) in [6.45, 7) is 1.21. The molecule has 1 aromatic rings. The van der Waals surface area contributed by atoms with Gasteiger partial charge in [0.15, 0.2) is 0 Å². The SMILES string of the molecule is O=C(O)c1cnc(OC2CCOC2)nc1. The molecule has 6 heteroatoms. The minimum Gasteiger partial charge on any atom is -0.478 e. The predicted molar refractivity (Wildman–Crippen MR) is 48.8 cm³/mol. The van der Waals surface area contributed by atoms with Gasteiger partial charge in [0.05, 0.1) is 18.8 Å². The first kappa shape index (κ1) is 9.85. The summed E-state index contributed by atoms with van der Waals surface area (Å²) < 4.78 is 10.5. The number of aromatic carboxylic acids is 1. The van der Waals surface area contributed by atoms with Crippen molar-refractivity contribution in [2.75, 3.05) is 13.2 Å². The Morgan fingerprint density at radius 2 is 2.27 bits per heavy atom. The van der Waals surface area contributed by atoms with Gasteiger partial charge in [0.25, 0.3) is 0 Å². The van der Waals surface area contributed by atoms with Crippen LogP contribution in [0.4, 0.5) is 0 Å². The van der Waals surface area contributed by atoms with Gasteiger partial charge in [0.1, 0.15) is 6.10 Å². The third kappa shape index (κ3) is 2.41. The molecule has 1 fully saturated rings. The summed E-state index contributed by atoms with van der Waals surface area (Å²) in [5, 5.41) is 8.62. The molecule has 2 rings (SSSR count). The van der Waals surface area contributed by atoms with Gasteiger partial charge in [0, 0.05) is 18.8 Å². The molecule has 0 bridgehead atoms. The van der Waals surface area contributed by atoms with Gasteiger partial charge in [-0.3, -0.25) is 0 Å². The second kappa shape index (κ2) is 4.22. The molecule has 1 saturated heterocycles. The van der Waals surface area contributed by atoms with Gasteiger partial charge in [-0.2, -0.15) is 0 Å². The number of ether oxygens (including phenoxy) is 2. The molecule has 0 aliphatic carbocycles. The molecule has 6 nitrogen and oxygen atoms in total. The Hall–Kier alpha value is -1.69. The van der Waals surface area contributed by atoms with Crippen molar-refractivity contribution in [3.8, 4) is 6.01 Å². The van der Waals surface area contributed by atoms with Crippen molar-refractivity contribution in [2.45, 2.75) is 12.5 Å². The van der Waals surface area contributed by atoms with Crippen LogP contribution in [0.25, 0.3) is 0 Å². The molecule has 0 spiro atoms. The minimum atomic E-state index is -1.05. The maximum absolute atomic E-state index is 10.5. The summed E-state index contributed by atoms with van der Waals surface area (Å²) >= 11 is 0. The average Bonchev–Trinajstić information content (AvgIpc) is 2.71. The van der Waals surface area contributed by atoms with E-state index >= 15 is 0 Å². The van der Waals surface area contributed by atoms with Gasteiger partial charge >= 0.3 is 12.0 Å². The zero-order valence-corrected chi connectivity index (χ0v) is 7.92. The number of carbonyl (C=O) groups is 1. The normalized spacial score (nSPS) is 20.1. The standard InChI is InChI=1S/C9H10N2O4/c12-8(13)6-3-10-9(11-4-6)15-7-1-2-14-5-7/h3-4,7H,1-2,5H2,(H,12,13). The number of nitrogens with zero attached hydrogens (tertiary/aromatic N) is 2. The van der Waals surface area contributed by atoms with Crippen molar-refractivity contribution in [3.05, 3.63) is 18.0 Å². The van der Waals surface area contributed by atoms with Crippen LogP contribution in [0.1, 0.15) is 16.8 Å². The quantitative estimate of drug-likeness (QED) is 0.774. The highest BCUT2D eigenvalue weighted by Gasteiger charge is 2.18. The highest BCUT2D eigenvalue weighted by molar-refractivity contribution is 5.86. The van der Waals surface area contributed by atoms with Gasteiger partial charge < -0.3 is 14.6 Å². The third-order valence-electron chi connectivity index (χ3n) is 2.04. The van der Waals surface area contributed by atoms with E-state index in [1.54, 1.807) is 0 Å². The second-order valence-corrected chi connectivity index (χ2v) is 3.16. The highest BCUT2D eigenvalue weighted by atomic mass is 16.6. The van der Waals surface area contributed by atoms with E-state index in [2.05, 4.69) is 9.97 Å². The Morgan fingerprint density at radius 1 is 1.53 bits per heavy atom. The molecule has 1 aromatic heterocycles. The molecule has 0 radical (unpaired) electrons. The fraction of sp³-hybridized carbons (Fsp3) is 0.444. The van der Waals surface area contributed by atoms with E-state index in [0.717, 1.165) is 6.42 Å². The monoisotopic (exact) mass is 210 g/mol. The first-order valence-electron chi connectivity index (χ1n) is 4.55. The van der Waals surface area contributed by atoms with Crippen LogP contribution in [0.3, 0.4) is 0 Å². The van der Waals surface area contributed by atoms with E-state index in [1.807, 2.05) is 0 Å². The fourth-order valence-electron chi connectivity index (χ4n) is 1.24. The molecule has 0 aromatic carbocycles. The summed E-state index contributed by atoms with van der Waals surface area (Å²) in [6, 6.07) is 0.190. The summed E-state index contributed by atoms with van der Waals surface area (Å²) in [7, 11) is 0. The largest absolute Gasteiger partial charge is 0.478 e. The summed E-state index contributed by atoms with van der Waals surface area (Å²) in [5.41, 5.74) is 0.0463. The smallest absolute Gasteiger partial charge is 0.338 e. The maximum atomic E-state index is 10.5. The molecule has 1 N–H and O–H groups in total. The number of aromatic nitrogens is 2. The van der Waals surface area contributed by atoms with Gasteiger partial charge in [-0.25, -0.2) is 14.8 Å². The Bertz CT molecular complexity index is 346. The first-order valence-corrected chi connectivity index (χ1v) is 4.55. The van der Waals surface area contributed by atoms with Gasteiger partial charge in [0.2, 0.25) is 0 Å². The lowest BCUT2D eigenvalue weighted by Gasteiger charge is -2.08. The zero-order chi connectivity index (χ0) is 10.7. The highest BCUT2D eigenvalue weighted by Crippen LogP contribution is 2.11. The Kier molecular flexibility index (Phi) is 2.77. The van der Waals surface area contributed by atoms with Crippen molar-refractivity contribution >= 4 is 5.97 Å². The molecule has 0 saturated carbocycles. The number of hydrogen-bond donors (Lipinski definition) is 1. The van der Waals surface area contributed by atoms with E-state index in [0.29, 0.717) is 13.2 Å². The third-order valence-corrected chi connectivity index (χ3v) is 2.04. The lowest BCUT2D eigenvalue weighted by atomic mass is 10.3. The van der Waals surface area contributed by atoms with Crippen LogP contribution in [-0.4, -0.2) is 40.4 Å². The molecule has 15 heavy (non-hydrogen) atoms. The van der Waals surface area contributed by atoms with Gasteiger partial charge in [-0.15, -0.1) is 0 Å². The zero-order valence-electron chi connectivity index (χ0n) is 7.92. The van der Waals surface area contributed by atoms with E-state index in [1.165, 1.54) is 12.4 Å². The molecule has 0 amide bonds. The van der Waals surface area contributed by atoms with E-state index in [-0.39, 0.29) is 17.7 Å². The van der Waals surface area contributed by atoms with Crippen LogP contribution >= 0.6 is 0 Å². The molecule has 1 aliphatic heterocycles. The Labute approximate surface area is 85.9 Å². The van der Waals surface area contributed by atoms with E-state index in [9.17, 15) is 4.79 Å². The fourth-order valence-corrected chi connectivity index (χ4v) is 1.24. The van der Waals surface area contributed by atoms with Crippen molar-refractivity contribution in [3.63, 3.8) is 0 Å². The summed E-state index contributed by atoms with van der Waals surface area (Å²) in [5.74, 6) is -1.05. The van der Waals surface area contributed by atoms with Crippen LogP contribution in [0, 0.1) is 0 Å². The van der Waals surface area contributed by atoms with Crippen molar-refractivity contribution < 1.29 is 19.4 Å². The molecule has 1 atom stereocenters. The topological polar surface area (TPSA) is 81.5 Å². The molecule has 1 aliphatic rings. The van der Waals surface area contributed by atoms with Crippen LogP contribution in [0.15, 0.2) is 12.4 Å². The minimum absolute atomic E-state index is 0.0271. The van der Waals surface area contributed by atoms with E-state index in [4.69, 9.17) is 14.6 Å². The second-order valence-electron chi connectivity index (χ2n) is 3.16. The average molecular weight is 210 g/mol. The van der Waals surface area contributed by atoms with Crippen LogP contribution in [-0.2, 0) is 4.74 Å². The molecule has 2 heterocycles. The number of carboxylic acid groups (broad SMARTS) is 1. The maximum Gasteiger partial charge on any atom is 0.338 e. The Morgan fingerprint density at radius 3 is 2.80 bits per heavy atom. The Balaban J connectivity index is 2.00. The lowest BCUT2D eigenvalue weighted by molar-refractivity contribution is 0.0695. The molecular formula is C9H10N2O4. The molecule has 1 unspecified atom stereocenters. The lowest BCUT2D eigenvalue weighted by Crippen LogP contribution is -2.17. The van der Waals surface area contributed by atoms with Crippen LogP contribution in [0.2, 0.25) is 0 Å². The van der Waals surface area contributed by atoms with Crippen LogP contribution in [0.5, 0.6) is 6.01 Å². The number of carboxylic acids is 1.